The third kappa shape index (κ3) is 1.91. The standard InChI is InChI=1S/C8H11BFN2S/c1-6-11-7-2-3-12(5-9-10)4-8(7)13-6/h2-5H2,1H3. The lowest BCUT2D eigenvalue weighted by molar-refractivity contribution is 0.293. The second-order valence-electron chi connectivity index (χ2n) is 3.24. The average molecular weight is 197 g/mol. The lowest BCUT2D eigenvalue weighted by atomic mass is 10.0. The van der Waals surface area contributed by atoms with E-state index in [1.54, 1.807) is 11.3 Å². The van der Waals surface area contributed by atoms with Gasteiger partial charge in [-0.25, -0.2) is 4.98 Å². The van der Waals surface area contributed by atoms with Crippen LogP contribution in [0.5, 0.6) is 0 Å². The van der Waals surface area contributed by atoms with Crippen LogP contribution in [-0.4, -0.2) is 30.4 Å². The van der Waals surface area contributed by atoms with Crippen molar-refractivity contribution in [1.82, 2.24) is 9.88 Å². The molecule has 0 amide bonds. The summed E-state index contributed by atoms with van der Waals surface area (Å²) < 4.78 is 12.0. The summed E-state index contributed by atoms with van der Waals surface area (Å²) in [6.07, 6.45) is 1.41. The van der Waals surface area contributed by atoms with Crippen LogP contribution < -0.4 is 0 Å². The maximum absolute atomic E-state index is 12.0. The zero-order chi connectivity index (χ0) is 9.26. The Morgan fingerprint density at radius 3 is 3.31 bits per heavy atom. The lowest BCUT2D eigenvalue weighted by Crippen LogP contribution is -2.32. The molecular weight excluding hydrogens is 186 g/mol. The van der Waals surface area contributed by atoms with Crippen molar-refractivity contribution in [3.05, 3.63) is 15.6 Å². The molecule has 0 spiro atoms. The molecule has 0 saturated heterocycles. The van der Waals surface area contributed by atoms with Crippen LogP contribution in [0.1, 0.15) is 15.6 Å². The van der Waals surface area contributed by atoms with Gasteiger partial charge >= 0.3 is 7.56 Å². The summed E-state index contributed by atoms with van der Waals surface area (Å²) in [4.78, 5) is 7.84. The second-order valence-corrected chi connectivity index (χ2v) is 4.53. The van der Waals surface area contributed by atoms with Crippen LogP contribution >= 0.6 is 11.3 Å². The molecule has 0 aliphatic carbocycles. The minimum atomic E-state index is 0.441. The predicted octanol–water partition coefficient (Wildman–Crippen LogP) is 1.36. The van der Waals surface area contributed by atoms with Crippen LogP contribution in [-0.2, 0) is 13.0 Å². The minimum Gasteiger partial charge on any atom is -0.341 e. The highest BCUT2D eigenvalue weighted by Crippen LogP contribution is 2.24. The summed E-state index contributed by atoms with van der Waals surface area (Å²) in [6.45, 7) is 3.81. The van der Waals surface area contributed by atoms with Gasteiger partial charge in [0.15, 0.2) is 0 Å². The van der Waals surface area contributed by atoms with Gasteiger partial charge in [0.2, 0.25) is 0 Å². The van der Waals surface area contributed by atoms with E-state index in [0.29, 0.717) is 6.44 Å². The molecule has 1 radical (unpaired) electrons. The highest BCUT2D eigenvalue weighted by atomic mass is 32.1. The monoisotopic (exact) mass is 197 g/mol. The molecule has 0 atom stereocenters. The smallest absolute Gasteiger partial charge is 0.341 e. The molecule has 0 bridgehead atoms. The lowest BCUT2D eigenvalue weighted by Gasteiger charge is -2.24. The minimum absolute atomic E-state index is 0.441. The Balaban J connectivity index is 2.10. The van der Waals surface area contributed by atoms with Gasteiger partial charge in [-0.2, -0.15) is 0 Å². The predicted molar refractivity (Wildman–Crippen MR) is 52.7 cm³/mol. The first-order valence-electron chi connectivity index (χ1n) is 4.39. The quantitative estimate of drug-likeness (QED) is 0.665. The summed E-state index contributed by atoms with van der Waals surface area (Å²) in [7, 11) is 0.721. The molecule has 13 heavy (non-hydrogen) atoms. The van der Waals surface area contributed by atoms with Crippen LogP contribution in [0.4, 0.5) is 4.32 Å². The van der Waals surface area contributed by atoms with E-state index in [9.17, 15) is 4.32 Å². The number of nitrogens with zero attached hydrogens (tertiary/aromatic N) is 2. The zero-order valence-corrected chi connectivity index (χ0v) is 8.40. The largest absolute Gasteiger partial charge is 0.369 e. The van der Waals surface area contributed by atoms with Crippen LogP contribution in [0.2, 0.25) is 0 Å². The van der Waals surface area contributed by atoms with E-state index in [2.05, 4.69) is 9.88 Å². The van der Waals surface area contributed by atoms with Gasteiger partial charge in [-0.15, -0.1) is 11.3 Å². The Kier molecular flexibility index (Phi) is 2.65. The van der Waals surface area contributed by atoms with E-state index < -0.39 is 0 Å². The van der Waals surface area contributed by atoms with Crippen molar-refractivity contribution in [3.63, 3.8) is 0 Å². The van der Waals surface area contributed by atoms with E-state index in [1.165, 1.54) is 10.6 Å². The van der Waals surface area contributed by atoms with Crippen molar-refractivity contribution >= 4 is 18.9 Å². The highest BCUT2D eigenvalue weighted by Gasteiger charge is 2.19. The maximum atomic E-state index is 12.0. The molecule has 2 heterocycles. The van der Waals surface area contributed by atoms with Crippen molar-refractivity contribution in [3.8, 4) is 0 Å². The van der Waals surface area contributed by atoms with E-state index >= 15 is 0 Å². The van der Waals surface area contributed by atoms with Crippen LogP contribution in [0.25, 0.3) is 0 Å². The average Bonchev–Trinajstić information content (AvgIpc) is 2.44. The topological polar surface area (TPSA) is 16.1 Å². The molecule has 0 unspecified atom stereocenters. The Labute approximate surface area is 82.1 Å². The molecule has 0 saturated carbocycles. The number of aromatic nitrogens is 1. The van der Waals surface area contributed by atoms with Gasteiger partial charge in [0.05, 0.1) is 10.7 Å². The zero-order valence-electron chi connectivity index (χ0n) is 7.59. The molecule has 0 aromatic carbocycles. The molecule has 5 heteroatoms. The van der Waals surface area contributed by atoms with Gasteiger partial charge in [-0.1, -0.05) is 0 Å². The third-order valence-corrected chi connectivity index (χ3v) is 3.24. The highest BCUT2D eigenvalue weighted by molar-refractivity contribution is 7.11. The molecule has 0 fully saturated rings. The van der Waals surface area contributed by atoms with E-state index in [-0.39, 0.29) is 0 Å². The first kappa shape index (κ1) is 9.15. The summed E-state index contributed by atoms with van der Waals surface area (Å²) in [5, 5.41) is 1.12. The van der Waals surface area contributed by atoms with Crippen molar-refractivity contribution in [2.24, 2.45) is 0 Å². The van der Waals surface area contributed by atoms with Crippen LogP contribution in [0.15, 0.2) is 0 Å². The Bertz CT molecular complexity index is 302. The molecule has 0 N–H and O–H groups in total. The van der Waals surface area contributed by atoms with Gasteiger partial charge in [-0.3, -0.25) is 0 Å². The fraction of sp³-hybridized carbons (Fsp3) is 0.625. The first-order valence-corrected chi connectivity index (χ1v) is 5.20. The Morgan fingerprint density at radius 2 is 2.54 bits per heavy atom. The van der Waals surface area contributed by atoms with E-state index in [1.807, 2.05) is 6.92 Å². The Hall–Kier alpha value is -0.415. The normalized spacial score (nSPS) is 17.1. The number of hydrogen-bond acceptors (Lipinski definition) is 3. The fourth-order valence-corrected chi connectivity index (χ4v) is 2.66. The number of hydrogen-bond donors (Lipinski definition) is 0. The molecule has 1 aliphatic heterocycles. The first-order chi connectivity index (χ1) is 6.29. The summed E-state index contributed by atoms with van der Waals surface area (Å²) >= 11 is 1.73. The number of rotatable bonds is 2. The number of aryl methyl sites for hydroxylation is 1. The fourth-order valence-electron chi connectivity index (χ4n) is 1.63. The van der Waals surface area contributed by atoms with Crippen molar-refractivity contribution < 1.29 is 4.32 Å². The van der Waals surface area contributed by atoms with Gasteiger partial charge < -0.3 is 9.22 Å². The van der Waals surface area contributed by atoms with Gasteiger partial charge in [0.1, 0.15) is 0 Å². The second kappa shape index (κ2) is 3.76. The number of halogens is 1. The van der Waals surface area contributed by atoms with Crippen molar-refractivity contribution in [1.29, 1.82) is 0 Å². The van der Waals surface area contributed by atoms with Gasteiger partial charge in [-0.05, 0) is 6.92 Å². The van der Waals surface area contributed by atoms with Gasteiger partial charge in [0.25, 0.3) is 0 Å². The number of thiazole rings is 1. The van der Waals surface area contributed by atoms with Crippen LogP contribution in [0, 0.1) is 6.92 Å². The maximum Gasteiger partial charge on any atom is 0.369 e. The molecular formula is C8H11BFN2S. The van der Waals surface area contributed by atoms with Crippen LogP contribution in [0.3, 0.4) is 0 Å². The van der Waals surface area contributed by atoms with E-state index in [4.69, 9.17) is 0 Å². The SMILES string of the molecule is Cc1nc2c(s1)CN(C[B]F)CC2. The summed E-state index contributed by atoms with van der Waals surface area (Å²) in [5.74, 6) is 0. The number of fused-ring (bicyclic) bond motifs is 1. The molecule has 69 valence electrons. The Morgan fingerprint density at radius 1 is 1.69 bits per heavy atom. The molecule has 1 aromatic heterocycles. The van der Waals surface area contributed by atoms with Crippen molar-refractivity contribution in [2.45, 2.75) is 19.9 Å². The van der Waals surface area contributed by atoms with E-state index in [0.717, 1.165) is 32.1 Å². The van der Waals surface area contributed by atoms with Gasteiger partial charge in [0, 0.05) is 30.8 Å². The molecule has 1 aliphatic rings. The molecule has 2 rings (SSSR count). The summed E-state index contributed by atoms with van der Waals surface area (Å²) in [5.41, 5.74) is 1.22. The summed E-state index contributed by atoms with van der Waals surface area (Å²) in [6, 6.07) is 0. The molecule has 1 aromatic rings. The molecule has 2 nitrogen and oxygen atoms in total. The third-order valence-electron chi connectivity index (χ3n) is 2.24. The van der Waals surface area contributed by atoms with Crippen molar-refractivity contribution in [2.75, 3.05) is 13.0 Å².